The molecule has 1 heterocycles. The lowest BCUT2D eigenvalue weighted by Gasteiger charge is -2.21. The van der Waals surface area contributed by atoms with Crippen LogP contribution < -0.4 is 10.2 Å². The molecular weight excluding hydrogens is 264 g/mol. The fourth-order valence-electron chi connectivity index (χ4n) is 2.31. The van der Waals surface area contributed by atoms with E-state index in [-0.39, 0.29) is 0 Å². The second kappa shape index (κ2) is 6.91. The summed E-state index contributed by atoms with van der Waals surface area (Å²) < 4.78 is 0. The highest BCUT2D eigenvalue weighted by Crippen LogP contribution is 2.31. The van der Waals surface area contributed by atoms with Gasteiger partial charge in [0.2, 0.25) is 0 Å². The van der Waals surface area contributed by atoms with Crippen molar-refractivity contribution in [1.82, 2.24) is 5.32 Å². The summed E-state index contributed by atoms with van der Waals surface area (Å²) in [5.74, 6) is 0. The smallest absolute Gasteiger partial charge is 0.0674 e. The molecule has 0 amide bonds. The van der Waals surface area contributed by atoms with Crippen LogP contribution in [0.15, 0.2) is 35.7 Å². The average molecular weight is 288 g/mol. The van der Waals surface area contributed by atoms with Crippen molar-refractivity contribution >= 4 is 17.0 Å². The van der Waals surface area contributed by atoms with Gasteiger partial charge < -0.3 is 10.2 Å². The number of rotatable bonds is 6. The molecule has 0 fully saturated rings. The van der Waals surface area contributed by atoms with E-state index < -0.39 is 0 Å². The van der Waals surface area contributed by atoms with Crippen LogP contribution in [0.1, 0.15) is 35.4 Å². The Labute approximate surface area is 126 Å². The highest BCUT2D eigenvalue weighted by atomic mass is 32.1. The van der Waals surface area contributed by atoms with Crippen molar-refractivity contribution in [3.63, 3.8) is 0 Å². The first-order chi connectivity index (χ1) is 9.63. The molecule has 108 valence electrons. The van der Waals surface area contributed by atoms with Gasteiger partial charge in [0.25, 0.3) is 0 Å². The first kappa shape index (κ1) is 15.1. The molecule has 1 aromatic carbocycles. The van der Waals surface area contributed by atoms with E-state index in [0.29, 0.717) is 6.04 Å². The van der Waals surface area contributed by atoms with Crippen LogP contribution in [0.2, 0.25) is 0 Å². The molecular formula is C17H24N2S. The normalized spacial score (nSPS) is 12.4. The Bertz CT molecular complexity index is 545. The van der Waals surface area contributed by atoms with E-state index >= 15 is 0 Å². The maximum absolute atomic E-state index is 3.69. The lowest BCUT2D eigenvalue weighted by atomic mass is 10.0. The van der Waals surface area contributed by atoms with Gasteiger partial charge >= 0.3 is 0 Å². The van der Waals surface area contributed by atoms with Crippen LogP contribution in [0.25, 0.3) is 0 Å². The standard InChI is InChI=1S/C17H24N2S/c1-5-10-18-16(17-13(2)9-11-20-17)14-7-6-8-15(12-14)19(3)4/h6-9,11-12,16,18H,5,10H2,1-4H3. The minimum absolute atomic E-state index is 0.301. The van der Waals surface area contributed by atoms with E-state index in [1.165, 1.54) is 21.7 Å². The maximum Gasteiger partial charge on any atom is 0.0674 e. The maximum atomic E-state index is 3.69. The predicted octanol–water partition coefficient (Wildman–Crippen LogP) is 4.21. The van der Waals surface area contributed by atoms with Gasteiger partial charge in [0, 0.05) is 24.7 Å². The van der Waals surface area contributed by atoms with Crippen LogP contribution >= 0.6 is 11.3 Å². The lowest BCUT2D eigenvalue weighted by Crippen LogP contribution is -2.23. The molecule has 0 radical (unpaired) electrons. The molecule has 1 N–H and O–H groups in total. The summed E-state index contributed by atoms with van der Waals surface area (Å²) in [5, 5.41) is 5.87. The van der Waals surface area contributed by atoms with Crippen molar-refractivity contribution in [3.05, 3.63) is 51.7 Å². The largest absolute Gasteiger partial charge is 0.378 e. The summed E-state index contributed by atoms with van der Waals surface area (Å²) in [7, 11) is 4.17. The summed E-state index contributed by atoms with van der Waals surface area (Å²) in [6, 6.07) is 11.3. The second-order valence-corrected chi connectivity index (χ2v) is 6.29. The molecule has 0 saturated carbocycles. The van der Waals surface area contributed by atoms with Gasteiger partial charge in [-0.1, -0.05) is 19.1 Å². The highest BCUT2D eigenvalue weighted by molar-refractivity contribution is 7.10. The Morgan fingerprint density at radius 1 is 1.25 bits per heavy atom. The zero-order valence-electron chi connectivity index (χ0n) is 12.8. The van der Waals surface area contributed by atoms with Crippen molar-refractivity contribution in [2.45, 2.75) is 26.3 Å². The minimum atomic E-state index is 0.301. The molecule has 2 nitrogen and oxygen atoms in total. The lowest BCUT2D eigenvalue weighted by molar-refractivity contribution is 0.604. The van der Waals surface area contributed by atoms with E-state index in [1.54, 1.807) is 0 Å². The van der Waals surface area contributed by atoms with Crippen LogP contribution in [0.4, 0.5) is 5.69 Å². The van der Waals surface area contributed by atoms with E-state index in [2.05, 4.69) is 73.9 Å². The van der Waals surface area contributed by atoms with Gasteiger partial charge in [-0.3, -0.25) is 0 Å². The average Bonchev–Trinajstić information content (AvgIpc) is 2.86. The number of nitrogens with zero attached hydrogens (tertiary/aromatic N) is 1. The van der Waals surface area contributed by atoms with Gasteiger partial charge in [-0.25, -0.2) is 0 Å². The van der Waals surface area contributed by atoms with Gasteiger partial charge in [0.05, 0.1) is 6.04 Å². The fourth-order valence-corrected chi connectivity index (χ4v) is 3.34. The fraction of sp³-hybridized carbons (Fsp3) is 0.412. The van der Waals surface area contributed by atoms with Gasteiger partial charge in [-0.2, -0.15) is 0 Å². The quantitative estimate of drug-likeness (QED) is 0.856. The summed E-state index contributed by atoms with van der Waals surface area (Å²) >= 11 is 1.84. The number of thiophene rings is 1. The molecule has 1 unspecified atom stereocenters. The zero-order chi connectivity index (χ0) is 14.5. The van der Waals surface area contributed by atoms with E-state index in [1.807, 2.05) is 11.3 Å². The minimum Gasteiger partial charge on any atom is -0.378 e. The second-order valence-electron chi connectivity index (χ2n) is 5.34. The number of hydrogen-bond donors (Lipinski definition) is 1. The topological polar surface area (TPSA) is 15.3 Å². The molecule has 3 heteroatoms. The molecule has 0 aliphatic carbocycles. The monoisotopic (exact) mass is 288 g/mol. The molecule has 1 aromatic heterocycles. The van der Waals surface area contributed by atoms with Crippen molar-refractivity contribution < 1.29 is 0 Å². The Morgan fingerprint density at radius 3 is 2.65 bits per heavy atom. The number of anilines is 1. The molecule has 0 bridgehead atoms. The summed E-state index contributed by atoms with van der Waals surface area (Å²) in [4.78, 5) is 3.58. The summed E-state index contributed by atoms with van der Waals surface area (Å²) in [6.45, 7) is 5.44. The number of aryl methyl sites for hydroxylation is 1. The molecule has 2 aromatic rings. The first-order valence-electron chi connectivity index (χ1n) is 7.18. The van der Waals surface area contributed by atoms with Gasteiger partial charge in [0.1, 0.15) is 0 Å². The molecule has 0 spiro atoms. The molecule has 0 saturated heterocycles. The third kappa shape index (κ3) is 3.41. The highest BCUT2D eigenvalue weighted by Gasteiger charge is 2.17. The van der Waals surface area contributed by atoms with E-state index in [4.69, 9.17) is 0 Å². The molecule has 0 aliphatic heterocycles. The number of hydrogen-bond acceptors (Lipinski definition) is 3. The number of benzene rings is 1. The first-order valence-corrected chi connectivity index (χ1v) is 8.06. The van der Waals surface area contributed by atoms with Crippen molar-refractivity contribution in [2.24, 2.45) is 0 Å². The molecule has 2 rings (SSSR count). The predicted molar refractivity (Wildman–Crippen MR) is 90.0 cm³/mol. The number of nitrogens with one attached hydrogen (secondary N) is 1. The van der Waals surface area contributed by atoms with Crippen molar-refractivity contribution in [2.75, 3.05) is 25.5 Å². The SMILES string of the molecule is CCCNC(c1cccc(N(C)C)c1)c1sccc1C. The Hall–Kier alpha value is -1.32. The van der Waals surface area contributed by atoms with Gasteiger partial charge in [0.15, 0.2) is 0 Å². The van der Waals surface area contributed by atoms with Crippen molar-refractivity contribution in [1.29, 1.82) is 0 Å². The van der Waals surface area contributed by atoms with Crippen LogP contribution in [-0.4, -0.2) is 20.6 Å². The molecule has 0 aliphatic rings. The molecule has 1 atom stereocenters. The summed E-state index contributed by atoms with van der Waals surface area (Å²) in [5.41, 5.74) is 3.97. The van der Waals surface area contributed by atoms with Crippen LogP contribution in [-0.2, 0) is 0 Å². The Kier molecular flexibility index (Phi) is 5.21. The van der Waals surface area contributed by atoms with Crippen LogP contribution in [0.5, 0.6) is 0 Å². The van der Waals surface area contributed by atoms with Crippen LogP contribution in [0.3, 0.4) is 0 Å². The molecule has 20 heavy (non-hydrogen) atoms. The Balaban J connectivity index is 2.36. The third-order valence-electron chi connectivity index (χ3n) is 3.48. The van der Waals surface area contributed by atoms with Gasteiger partial charge in [-0.15, -0.1) is 11.3 Å². The summed E-state index contributed by atoms with van der Waals surface area (Å²) in [6.07, 6.45) is 1.15. The van der Waals surface area contributed by atoms with Crippen LogP contribution in [0, 0.1) is 6.92 Å². The third-order valence-corrected chi connectivity index (χ3v) is 4.57. The van der Waals surface area contributed by atoms with Crippen molar-refractivity contribution in [3.8, 4) is 0 Å². The van der Waals surface area contributed by atoms with E-state index in [0.717, 1.165) is 13.0 Å². The Morgan fingerprint density at radius 2 is 2.05 bits per heavy atom. The van der Waals surface area contributed by atoms with E-state index in [9.17, 15) is 0 Å². The van der Waals surface area contributed by atoms with Gasteiger partial charge in [-0.05, 0) is 54.6 Å². The zero-order valence-corrected chi connectivity index (χ0v) is 13.6.